The van der Waals surface area contributed by atoms with Gasteiger partial charge < -0.3 is 10.3 Å². The number of primary amides is 1. The zero-order valence-electron chi connectivity index (χ0n) is 12.1. The van der Waals surface area contributed by atoms with Gasteiger partial charge in [-0.25, -0.2) is 0 Å². The van der Waals surface area contributed by atoms with Crippen molar-refractivity contribution in [3.63, 3.8) is 0 Å². The van der Waals surface area contributed by atoms with Crippen molar-refractivity contribution in [2.45, 2.75) is 26.6 Å². The molecule has 0 unspecified atom stereocenters. The van der Waals surface area contributed by atoms with Crippen LogP contribution >= 0.6 is 0 Å². The Bertz CT molecular complexity index is 745. The van der Waals surface area contributed by atoms with E-state index in [1.54, 1.807) is 4.57 Å². The van der Waals surface area contributed by atoms with E-state index in [-0.39, 0.29) is 22.4 Å². The molecule has 0 saturated carbocycles. The smallest absolute Gasteiger partial charge is 0.363 e. The van der Waals surface area contributed by atoms with Gasteiger partial charge in [0, 0.05) is 23.6 Å². The lowest BCUT2D eigenvalue weighted by molar-refractivity contribution is -0.137. The number of ketones is 1. The Morgan fingerprint density at radius 1 is 1.27 bits per heavy atom. The highest BCUT2D eigenvalue weighted by atomic mass is 19.4. The number of carbonyl (C=O) groups excluding carboxylic acids is 2. The van der Waals surface area contributed by atoms with Crippen molar-refractivity contribution in [2.24, 2.45) is 11.7 Å². The van der Waals surface area contributed by atoms with Crippen molar-refractivity contribution >= 4 is 22.6 Å². The van der Waals surface area contributed by atoms with Crippen molar-refractivity contribution in [1.29, 1.82) is 0 Å². The molecule has 2 aromatic rings. The van der Waals surface area contributed by atoms with Gasteiger partial charge in [0.1, 0.15) is 0 Å². The van der Waals surface area contributed by atoms with Crippen LogP contribution in [0.4, 0.5) is 13.2 Å². The summed E-state index contributed by atoms with van der Waals surface area (Å²) in [5.41, 5.74) is 4.47. The van der Waals surface area contributed by atoms with Crippen molar-refractivity contribution in [2.75, 3.05) is 0 Å². The van der Waals surface area contributed by atoms with E-state index >= 15 is 0 Å². The van der Waals surface area contributed by atoms with Gasteiger partial charge in [-0.1, -0.05) is 19.9 Å². The Morgan fingerprint density at radius 2 is 1.91 bits per heavy atom. The molecule has 2 rings (SSSR count). The van der Waals surface area contributed by atoms with Crippen LogP contribution in [-0.2, 0) is 17.5 Å². The van der Waals surface area contributed by atoms with Crippen LogP contribution in [-0.4, -0.2) is 16.3 Å². The topological polar surface area (TPSA) is 65.1 Å². The maximum Gasteiger partial charge on any atom is 0.416 e. The Hall–Kier alpha value is -2.31. The quantitative estimate of drug-likeness (QED) is 0.697. The molecule has 1 amide bonds. The molecule has 0 aliphatic heterocycles. The first-order valence-electron chi connectivity index (χ1n) is 6.65. The second kappa shape index (κ2) is 5.47. The van der Waals surface area contributed by atoms with Crippen molar-refractivity contribution in [3.05, 3.63) is 35.5 Å². The number of nitrogens with zero attached hydrogens (tertiary/aromatic N) is 1. The fourth-order valence-electron chi connectivity index (χ4n) is 2.33. The molecule has 0 saturated heterocycles. The Morgan fingerprint density at radius 3 is 2.41 bits per heavy atom. The molecule has 0 aliphatic carbocycles. The first-order valence-corrected chi connectivity index (χ1v) is 6.65. The third-order valence-corrected chi connectivity index (χ3v) is 3.24. The van der Waals surface area contributed by atoms with Crippen molar-refractivity contribution in [3.8, 4) is 0 Å². The molecule has 1 aromatic heterocycles. The SMILES string of the molecule is CC(C)Cn1cc(C(=O)C(N)=O)c2ccc(C(F)(F)F)cc21. The summed E-state index contributed by atoms with van der Waals surface area (Å²) in [4.78, 5) is 22.9. The van der Waals surface area contributed by atoms with Gasteiger partial charge in [-0.3, -0.25) is 9.59 Å². The number of Topliss-reactive ketones (excluding diaryl/α,β-unsaturated/α-hetero) is 1. The van der Waals surface area contributed by atoms with Gasteiger partial charge in [0.25, 0.3) is 11.7 Å². The first-order chi connectivity index (χ1) is 10.1. The molecule has 118 valence electrons. The van der Waals surface area contributed by atoms with E-state index in [2.05, 4.69) is 0 Å². The predicted molar refractivity (Wildman–Crippen MR) is 75.3 cm³/mol. The number of benzene rings is 1. The Balaban J connectivity index is 2.70. The number of nitrogens with two attached hydrogens (primary N) is 1. The van der Waals surface area contributed by atoms with Gasteiger partial charge >= 0.3 is 6.18 Å². The third-order valence-electron chi connectivity index (χ3n) is 3.24. The van der Waals surface area contributed by atoms with Crippen LogP contribution in [0.5, 0.6) is 0 Å². The second-order valence-electron chi connectivity index (χ2n) is 5.51. The molecule has 2 N–H and O–H groups in total. The number of amides is 1. The van der Waals surface area contributed by atoms with Crippen molar-refractivity contribution in [1.82, 2.24) is 4.57 Å². The minimum atomic E-state index is -4.48. The normalized spacial score (nSPS) is 12.1. The number of hydrogen-bond donors (Lipinski definition) is 1. The zero-order chi connectivity index (χ0) is 16.7. The summed E-state index contributed by atoms with van der Waals surface area (Å²) in [6.07, 6.45) is -3.09. The Labute approximate surface area is 124 Å². The van der Waals surface area contributed by atoms with E-state index in [0.717, 1.165) is 12.1 Å². The van der Waals surface area contributed by atoms with Crippen LogP contribution in [0.3, 0.4) is 0 Å². The summed E-state index contributed by atoms with van der Waals surface area (Å²) in [7, 11) is 0. The molecular formula is C15H15F3N2O2. The summed E-state index contributed by atoms with van der Waals surface area (Å²) in [5.74, 6) is -1.89. The highest BCUT2D eigenvalue weighted by Gasteiger charge is 2.31. The van der Waals surface area contributed by atoms with Crippen LogP contribution in [0.15, 0.2) is 24.4 Å². The molecule has 7 heteroatoms. The lowest BCUT2D eigenvalue weighted by atomic mass is 10.1. The Kier molecular flexibility index (Phi) is 4.00. The van der Waals surface area contributed by atoms with E-state index in [1.165, 1.54) is 12.3 Å². The standard InChI is InChI=1S/C15H15F3N2O2/c1-8(2)6-20-7-11(13(21)14(19)22)10-4-3-9(5-12(10)20)15(16,17)18/h3-5,7-8H,6H2,1-2H3,(H2,19,22). The summed E-state index contributed by atoms with van der Waals surface area (Å²) in [5, 5.41) is 0.289. The summed E-state index contributed by atoms with van der Waals surface area (Å²) in [6.45, 7) is 4.22. The second-order valence-corrected chi connectivity index (χ2v) is 5.51. The summed E-state index contributed by atoms with van der Waals surface area (Å²) >= 11 is 0. The van der Waals surface area contributed by atoms with Gasteiger partial charge in [-0.2, -0.15) is 13.2 Å². The van der Waals surface area contributed by atoms with Crippen LogP contribution < -0.4 is 5.73 Å². The zero-order valence-corrected chi connectivity index (χ0v) is 12.1. The molecule has 0 spiro atoms. The van der Waals surface area contributed by atoms with E-state index in [0.29, 0.717) is 6.54 Å². The van der Waals surface area contributed by atoms with Gasteiger partial charge in [-0.05, 0) is 18.1 Å². The van der Waals surface area contributed by atoms with Crippen molar-refractivity contribution < 1.29 is 22.8 Å². The minimum absolute atomic E-state index is 0.0249. The molecule has 4 nitrogen and oxygen atoms in total. The third kappa shape index (κ3) is 2.98. The maximum atomic E-state index is 12.9. The maximum absolute atomic E-state index is 12.9. The van der Waals surface area contributed by atoms with E-state index < -0.39 is 23.4 Å². The molecule has 1 heterocycles. The number of fused-ring (bicyclic) bond motifs is 1. The van der Waals surface area contributed by atoms with Gasteiger partial charge in [0.05, 0.1) is 11.1 Å². The molecule has 22 heavy (non-hydrogen) atoms. The minimum Gasteiger partial charge on any atom is -0.363 e. The average Bonchev–Trinajstić information content (AvgIpc) is 2.74. The van der Waals surface area contributed by atoms with E-state index in [4.69, 9.17) is 5.73 Å². The fraction of sp³-hybridized carbons (Fsp3) is 0.333. The molecule has 1 aromatic carbocycles. The van der Waals surface area contributed by atoms with Gasteiger partial charge in [0.15, 0.2) is 0 Å². The highest BCUT2D eigenvalue weighted by molar-refractivity contribution is 6.44. The van der Waals surface area contributed by atoms with Gasteiger partial charge in [0.2, 0.25) is 0 Å². The molecular weight excluding hydrogens is 297 g/mol. The number of hydrogen-bond acceptors (Lipinski definition) is 2. The van der Waals surface area contributed by atoms with Crippen LogP contribution in [0.2, 0.25) is 0 Å². The monoisotopic (exact) mass is 312 g/mol. The van der Waals surface area contributed by atoms with E-state index in [9.17, 15) is 22.8 Å². The van der Waals surface area contributed by atoms with E-state index in [1.807, 2.05) is 13.8 Å². The van der Waals surface area contributed by atoms with Gasteiger partial charge in [-0.15, -0.1) is 0 Å². The van der Waals surface area contributed by atoms with Crippen LogP contribution in [0, 0.1) is 5.92 Å². The molecule has 0 atom stereocenters. The number of rotatable bonds is 4. The lowest BCUT2D eigenvalue weighted by Gasteiger charge is -2.10. The molecule has 0 radical (unpaired) electrons. The molecule has 0 fully saturated rings. The summed E-state index contributed by atoms with van der Waals surface area (Å²) < 4.78 is 40.1. The number of halogens is 3. The number of alkyl halides is 3. The molecule has 0 aliphatic rings. The largest absolute Gasteiger partial charge is 0.416 e. The fourth-order valence-corrected chi connectivity index (χ4v) is 2.33. The average molecular weight is 312 g/mol. The molecule has 0 bridgehead atoms. The lowest BCUT2D eigenvalue weighted by Crippen LogP contribution is -2.22. The highest BCUT2D eigenvalue weighted by Crippen LogP contribution is 2.33. The van der Waals surface area contributed by atoms with Crippen LogP contribution in [0.1, 0.15) is 29.8 Å². The predicted octanol–water partition coefficient (Wildman–Crippen LogP) is 2.98. The summed E-state index contributed by atoms with van der Waals surface area (Å²) in [6, 6.07) is 3.07. The number of aromatic nitrogens is 1. The van der Waals surface area contributed by atoms with Crippen LogP contribution in [0.25, 0.3) is 10.9 Å². The number of carbonyl (C=O) groups is 2. The first kappa shape index (κ1) is 16.1.